The molecule has 0 saturated carbocycles. The monoisotopic (exact) mass is 231 g/mol. The van der Waals surface area contributed by atoms with Crippen molar-refractivity contribution in [1.82, 2.24) is 0 Å². The molecule has 1 aliphatic heterocycles. The summed E-state index contributed by atoms with van der Waals surface area (Å²) in [6, 6.07) is 4.39. The molecule has 0 bridgehead atoms. The second kappa shape index (κ2) is 4.52. The lowest BCUT2D eigenvalue weighted by atomic mass is 9.88. The lowest BCUT2D eigenvalue weighted by Crippen LogP contribution is -2.05. The molecule has 1 aromatic carbocycles. The fourth-order valence-corrected chi connectivity index (χ4v) is 2.53. The summed E-state index contributed by atoms with van der Waals surface area (Å²) in [5, 5.41) is 3.03. The SMILES string of the molecule is CCC(C)c1ccc(C(C)C)c2c1CC(=O)N2. The van der Waals surface area contributed by atoms with Crippen LogP contribution in [0.2, 0.25) is 0 Å². The Bertz CT molecular complexity index is 448. The van der Waals surface area contributed by atoms with Crippen LogP contribution < -0.4 is 5.32 Å². The van der Waals surface area contributed by atoms with Gasteiger partial charge in [-0.05, 0) is 34.9 Å². The highest BCUT2D eigenvalue weighted by atomic mass is 16.1. The van der Waals surface area contributed by atoms with Gasteiger partial charge in [0.1, 0.15) is 0 Å². The summed E-state index contributed by atoms with van der Waals surface area (Å²) >= 11 is 0. The normalized spacial score (nSPS) is 15.9. The van der Waals surface area contributed by atoms with Gasteiger partial charge in [-0.2, -0.15) is 0 Å². The zero-order valence-corrected chi connectivity index (χ0v) is 11.1. The average molecular weight is 231 g/mol. The molecule has 1 N–H and O–H groups in total. The predicted molar refractivity (Wildman–Crippen MR) is 71.6 cm³/mol. The van der Waals surface area contributed by atoms with E-state index in [9.17, 15) is 4.79 Å². The molecule has 0 saturated heterocycles. The smallest absolute Gasteiger partial charge is 0.228 e. The number of carbonyl (C=O) groups is 1. The summed E-state index contributed by atoms with van der Waals surface area (Å²) in [7, 11) is 0. The number of carbonyl (C=O) groups excluding carboxylic acids is 1. The first-order valence-corrected chi connectivity index (χ1v) is 6.50. The Kier molecular flexibility index (Phi) is 3.23. The van der Waals surface area contributed by atoms with Gasteiger partial charge in [0.15, 0.2) is 0 Å². The number of fused-ring (bicyclic) bond motifs is 1. The fraction of sp³-hybridized carbons (Fsp3) is 0.533. The Morgan fingerprint density at radius 2 is 1.88 bits per heavy atom. The number of rotatable bonds is 3. The molecule has 0 fully saturated rings. The zero-order chi connectivity index (χ0) is 12.6. The Morgan fingerprint density at radius 3 is 2.47 bits per heavy atom. The van der Waals surface area contributed by atoms with Crippen LogP contribution in [0.3, 0.4) is 0 Å². The quantitative estimate of drug-likeness (QED) is 0.842. The van der Waals surface area contributed by atoms with Gasteiger partial charge in [0.05, 0.1) is 6.42 Å². The van der Waals surface area contributed by atoms with Gasteiger partial charge < -0.3 is 5.32 Å². The summed E-state index contributed by atoms with van der Waals surface area (Å²) in [5.74, 6) is 1.11. The first-order valence-electron chi connectivity index (χ1n) is 6.50. The first kappa shape index (κ1) is 12.2. The van der Waals surface area contributed by atoms with E-state index in [4.69, 9.17) is 0 Å². The number of benzene rings is 1. The highest BCUT2D eigenvalue weighted by Crippen LogP contribution is 2.37. The third kappa shape index (κ3) is 2.08. The highest BCUT2D eigenvalue weighted by Gasteiger charge is 2.25. The van der Waals surface area contributed by atoms with Gasteiger partial charge in [0, 0.05) is 5.69 Å². The fourth-order valence-electron chi connectivity index (χ4n) is 2.53. The molecule has 92 valence electrons. The van der Waals surface area contributed by atoms with Crippen molar-refractivity contribution < 1.29 is 4.79 Å². The molecule has 0 radical (unpaired) electrons. The van der Waals surface area contributed by atoms with E-state index >= 15 is 0 Å². The average Bonchev–Trinajstić information content (AvgIpc) is 2.67. The molecular formula is C15H21NO. The minimum atomic E-state index is 0.137. The third-order valence-corrected chi connectivity index (χ3v) is 3.75. The lowest BCUT2D eigenvalue weighted by Gasteiger charge is -2.18. The summed E-state index contributed by atoms with van der Waals surface area (Å²) in [6.07, 6.45) is 1.66. The van der Waals surface area contributed by atoms with Crippen LogP contribution in [0, 0.1) is 0 Å². The van der Waals surface area contributed by atoms with E-state index in [-0.39, 0.29) is 5.91 Å². The van der Waals surface area contributed by atoms with Crippen LogP contribution in [-0.4, -0.2) is 5.91 Å². The Balaban J connectivity index is 2.54. The molecule has 2 rings (SSSR count). The molecule has 17 heavy (non-hydrogen) atoms. The molecule has 0 spiro atoms. The third-order valence-electron chi connectivity index (χ3n) is 3.75. The molecule has 2 heteroatoms. The molecule has 1 amide bonds. The number of amides is 1. The van der Waals surface area contributed by atoms with Crippen LogP contribution in [0.1, 0.15) is 62.6 Å². The van der Waals surface area contributed by atoms with Gasteiger partial charge in [0.2, 0.25) is 5.91 Å². The van der Waals surface area contributed by atoms with Crippen LogP contribution in [0.25, 0.3) is 0 Å². The van der Waals surface area contributed by atoms with E-state index in [1.54, 1.807) is 0 Å². The minimum absolute atomic E-state index is 0.137. The predicted octanol–water partition coefficient (Wildman–Crippen LogP) is 3.82. The zero-order valence-electron chi connectivity index (χ0n) is 11.1. The van der Waals surface area contributed by atoms with Gasteiger partial charge in [-0.15, -0.1) is 0 Å². The summed E-state index contributed by atoms with van der Waals surface area (Å²) in [5.41, 5.74) is 4.92. The second-order valence-corrected chi connectivity index (χ2v) is 5.29. The van der Waals surface area contributed by atoms with Crippen molar-refractivity contribution in [3.05, 3.63) is 28.8 Å². The second-order valence-electron chi connectivity index (χ2n) is 5.29. The van der Waals surface area contributed by atoms with Gasteiger partial charge in [-0.25, -0.2) is 0 Å². The van der Waals surface area contributed by atoms with E-state index < -0.39 is 0 Å². The van der Waals surface area contributed by atoms with Crippen LogP contribution in [0.4, 0.5) is 5.69 Å². The van der Waals surface area contributed by atoms with Crippen molar-refractivity contribution in [1.29, 1.82) is 0 Å². The van der Waals surface area contributed by atoms with Crippen molar-refractivity contribution in [2.45, 2.75) is 52.4 Å². The molecular weight excluding hydrogens is 210 g/mol. The van der Waals surface area contributed by atoms with Gasteiger partial charge in [-0.3, -0.25) is 4.79 Å². The van der Waals surface area contributed by atoms with E-state index in [1.807, 2.05) is 0 Å². The molecule has 1 unspecified atom stereocenters. The Hall–Kier alpha value is -1.31. The topological polar surface area (TPSA) is 29.1 Å². The summed E-state index contributed by atoms with van der Waals surface area (Å²) in [4.78, 5) is 11.6. The van der Waals surface area contributed by atoms with Crippen LogP contribution in [-0.2, 0) is 11.2 Å². The standard InChI is InChI=1S/C15H21NO/c1-5-10(4)12-7-6-11(9(2)3)15-13(12)8-14(17)16-15/h6-7,9-10H,5,8H2,1-4H3,(H,16,17). The first-order chi connectivity index (χ1) is 8.04. The molecule has 1 heterocycles. The van der Waals surface area contributed by atoms with Gasteiger partial charge >= 0.3 is 0 Å². The van der Waals surface area contributed by atoms with Crippen molar-refractivity contribution in [3.8, 4) is 0 Å². The Morgan fingerprint density at radius 1 is 1.24 bits per heavy atom. The highest BCUT2D eigenvalue weighted by molar-refractivity contribution is 6.00. The maximum Gasteiger partial charge on any atom is 0.228 e. The maximum absolute atomic E-state index is 11.6. The number of nitrogens with one attached hydrogen (secondary N) is 1. The van der Waals surface area contributed by atoms with Gasteiger partial charge in [0.25, 0.3) is 0 Å². The molecule has 0 aromatic heterocycles. The van der Waals surface area contributed by atoms with Crippen LogP contribution in [0.5, 0.6) is 0 Å². The van der Waals surface area contributed by atoms with Crippen LogP contribution >= 0.6 is 0 Å². The molecule has 1 aromatic rings. The Labute approximate surface area is 103 Å². The number of hydrogen-bond donors (Lipinski definition) is 1. The maximum atomic E-state index is 11.6. The molecule has 1 aliphatic rings. The largest absolute Gasteiger partial charge is 0.325 e. The van der Waals surface area contributed by atoms with Gasteiger partial charge in [-0.1, -0.05) is 39.8 Å². The van der Waals surface area contributed by atoms with Crippen molar-refractivity contribution in [3.63, 3.8) is 0 Å². The number of anilines is 1. The minimum Gasteiger partial charge on any atom is -0.325 e. The summed E-state index contributed by atoms with van der Waals surface area (Å²) in [6.45, 7) is 8.76. The molecule has 2 nitrogen and oxygen atoms in total. The van der Waals surface area contributed by atoms with E-state index in [2.05, 4.69) is 45.1 Å². The number of hydrogen-bond acceptors (Lipinski definition) is 1. The summed E-state index contributed by atoms with van der Waals surface area (Å²) < 4.78 is 0. The lowest BCUT2D eigenvalue weighted by molar-refractivity contribution is -0.115. The van der Waals surface area contributed by atoms with E-state index in [0.29, 0.717) is 18.3 Å². The molecule has 0 aliphatic carbocycles. The van der Waals surface area contributed by atoms with Crippen LogP contribution in [0.15, 0.2) is 12.1 Å². The van der Waals surface area contributed by atoms with Crippen molar-refractivity contribution in [2.75, 3.05) is 5.32 Å². The van der Waals surface area contributed by atoms with Crippen molar-refractivity contribution >= 4 is 11.6 Å². The van der Waals surface area contributed by atoms with E-state index in [1.165, 1.54) is 16.7 Å². The molecule has 1 atom stereocenters. The van der Waals surface area contributed by atoms with E-state index in [0.717, 1.165) is 12.1 Å². The van der Waals surface area contributed by atoms with Crippen molar-refractivity contribution in [2.24, 2.45) is 0 Å².